The lowest BCUT2D eigenvalue weighted by atomic mass is 10.2. The molecule has 0 aliphatic rings. The van der Waals surface area contributed by atoms with Gasteiger partial charge in [-0.3, -0.25) is 9.59 Å². The van der Waals surface area contributed by atoms with E-state index in [-0.39, 0.29) is 16.9 Å². The van der Waals surface area contributed by atoms with Gasteiger partial charge in [-0.1, -0.05) is 6.92 Å². The van der Waals surface area contributed by atoms with Gasteiger partial charge in [0.15, 0.2) is 5.43 Å². The molecule has 0 bridgehead atoms. The number of H-pyrrole nitrogens is 1. The van der Waals surface area contributed by atoms with Crippen LogP contribution in [0.1, 0.15) is 30.1 Å². The summed E-state index contributed by atoms with van der Waals surface area (Å²) < 4.78 is 0. The van der Waals surface area contributed by atoms with Gasteiger partial charge in [0.25, 0.3) is 5.91 Å². The molecule has 1 amide bonds. The molecule has 1 aromatic rings. The molecule has 0 saturated heterocycles. The summed E-state index contributed by atoms with van der Waals surface area (Å²) in [6.07, 6.45) is 4.58. The number of carbonyl (C=O) groups is 1. The summed E-state index contributed by atoms with van der Waals surface area (Å²) in [6.45, 7) is 3.78. The number of nitrogens with two attached hydrogens (primary N) is 1. The molecule has 0 unspecified atom stereocenters. The predicted octanol–water partition coefficient (Wildman–Crippen LogP) is 0.576. The van der Waals surface area contributed by atoms with Crippen LogP contribution in [0.15, 0.2) is 23.3 Å². The Labute approximate surface area is 101 Å². The monoisotopic (exact) mass is 237 g/mol. The largest absolute Gasteiger partial charge is 0.367 e. The maximum atomic E-state index is 12.1. The van der Waals surface area contributed by atoms with Crippen molar-refractivity contribution >= 4 is 5.91 Å². The van der Waals surface area contributed by atoms with Gasteiger partial charge in [-0.05, 0) is 19.4 Å². The molecular weight excluding hydrogens is 218 g/mol. The molecule has 0 radical (unpaired) electrons. The second kappa shape index (κ2) is 6.85. The molecule has 0 aliphatic heterocycles. The minimum Gasteiger partial charge on any atom is -0.367 e. The highest BCUT2D eigenvalue weighted by Gasteiger charge is 2.16. The number of carbonyl (C=O) groups excluding carboxylic acids is 1. The van der Waals surface area contributed by atoms with E-state index in [1.54, 1.807) is 4.90 Å². The van der Waals surface area contributed by atoms with Gasteiger partial charge in [0.1, 0.15) is 5.56 Å². The first-order valence-corrected chi connectivity index (χ1v) is 5.87. The van der Waals surface area contributed by atoms with Gasteiger partial charge in [-0.2, -0.15) is 0 Å². The summed E-state index contributed by atoms with van der Waals surface area (Å²) >= 11 is 0. The van der Waals surface area contributed by atoms with Crippen molar-refractivity contribution in [3.63, 3.8) is 0 Å². The van der Waals surface area contributed by atoms with E-state index in [9.17, 15) is 9.59 Å². The first-order chi connectivity index (χ1) is 8.20. The van der Waals surface area contributed by atoms with E-state index < -0.39 is 0 Å². The smallest absolute Gasteiger partial charge is 0.259 e. The molecule has 0 aromatic carbocycles. The third-order valence-electron chi connectivity index (χ3n) is 2.47. The Bertz CT molecular complexity index is 414. The molecule has 1 heterocycles. The van der Waals surface area contributed by atoms with Crippen LogP contribution in [-0.2, 0) is 0 Å². The lowest BCUT2D eigenvalue weighted by Crippen LogP contribution is -2.36. The molecule has 0 atom stereocenters. The topological polar surface area (TPSA) is 79.2 Å². The number of aromatic amines is 1. The third kappa shape index (κ3) is 3.71. The van der Waals surface area contributed by atoms with Crippen LogP contribution in [0, 0.1) is 0 Å². The van der Waals surface area contributed by atoms with E-state index in [4.69, 9.17) is 5.73 Å². The fraction of sp³-hybridized carbons (Fsp3) is 0.500. The normalized spacial score (nSPS) is 10.2. The maximum Gasteiger partial charge on any atom is 0.259 e. The van der Waals surface area contributed by atoms with Crippen molar-refractivity contribution in [1.82, 2.24) is 9.88 Å². The predicted molar refractivity (Wildman–Crippen MR) is 66.9 cm³/mol. The van der Waals surface area contributed by atoms with E-state index in [0.717, 1.165) is 12.8 Å². The fourth-order valence-corrected chi connectivity index (χ4v) is 1.62. The quantitative estimate of drug-likeness (QED) is 0.759. The second-order valence-electron chi connectivity index (χ2n) is 3.86. The van der Waals surface area contributed by atoms with Crippen LogP contribution in [-0.4, -0.2) is 35.4 Å². The standard InChI is InChI=1S/C12H19N3O2/c1-2-7-15(8-3-5-13)12(17)10-9-14-6-4-11(10)16/h4,6,9H,2-3,5,7-8,13H2,1H3,(H,14,16). The average Bonchev–Trinajstić information content (AvgIpc) is 2.34. The molecule has 0 spiro atoms. The Morgan fingerprint density at radius 3 is 2.82 bits per heavy atom. The average molecular weight is 237 g/mol. The lowest BCUT2D eigenvalue weighted by molar-refractivity contribution is 0.0753. The highest BCUT2D eigenvalue weighted by molar-refractivity contribution is 5.93. The fourth-order valence-electron chi connectivity index (χ4n) is 1.62. The summed E-state index contributed by atoms with van der Waals surface area (Å²) in [4.78, 5) is 28.1. The molecule has 5 heteroatoms. The molecule has 1 aromatic heterocycles. The van der Waals surface area contributed by atoms with Crippen molar-refractivity contribution in [3.05, 3.63) is 34.2 Å². The first kappa shape index (κ1) is 13.4. The summed E-state index contributed by atoms with van der Waals surface area (Å²) in [7, 11) is 0. The summed E-state index contributed by atoms with van der Waals surface area (Å²) in [6, 6.07) is 1.36. The van der Waals surface area contributed by atoms with Gasteiger partial charge in [-0.15, -0.1) is 0 Å². The van der Waals surface area contributed by atoms with Crippen LogP contribution < -0.4 is 11.2 Å². The number of rotatable bonds is 6. The summed E-state index contributed by atoms with van der Waals surface area (Å²) in [5.74, 6) is -0.220. The van der Waals surface area contributed by atoms with Crippen molar-refractivity contribution in [3.8, 4) is 0 Å². The van der Waals surface area contributed by atoms with Gasteiger partial charge in [0.2, 0.25) is 0 Å². The van der Waals surface area contributed by atoms with Crippen LogP contribution in [0.4, 0.5) is 0 Å². The van der Waals surface area contributed by atoms with Crippen LogP contribution in [0.5, 0.6) is 0 Å². The number of nitrogens with one attached hydrogen (secondary N) is 1. The zero-order valence-corrected chi connectivity index (χ0v) is 10.1. The van der Waals surface area contributed by atoms with Crippen LogP contribution in [0.2, 0.25) is 0 Å². The number of amides is 1. The first-order valence-electron chi connectivity index (χ1n) is 5.87. The van der Waals surface area contributed by atoms with E-state index in [1.807, 2.05) is 6.92 Å². The lowest BCUT2D eigenvalue weighted by Gasteiger charge is -2.21. The Kier molecular flexibility index (Phi) is 5.42. The van der Waals surface area contributed by atoms with Crippen LogP contribution in [0.25, 0.3) is 0 Å². The molecule has 0 fully saturated rings. The molecule has 3 N–H and O–H groups in total. The summed E-state index contributed by atoms with van der Waals surface area (Å²) in [5.41, 5.74) is 5.38. The van der Waals surface area contributed by atoms with Crippen LogP contribution >= 0.6 is 0 Å². The van der Waals surface area contributed by atoms with Crippen molar-refractivity contribution in [1.29, 1.82) is 0 Å². The van der Waals surface area contributed by atoms with Gasteiger partial charge < -0.3 is 15.6 Å². The minimum absolute atomic E-state index is 0.193. The van der Waals surface area contributed by atoms with Gasteiger partial charge in [0, 0.05) is 31.5 Å². The molecule has 0 saturated carbocycles. The molecule has 1 rings (SSSR count). The Balaban J connectivity index is 2.84. The van der Waals surface area contributed by atoms with E-state index >= 15 is 0 Å². The van der Waals surface area contributed by atoms with Gasteiger partial charge >= 0.3 is 0 Å². The number of nitrogens with zero attached hydrogens (tertiary/aromatic N) is 1. The molecule has 5 nitrogen and oxygen atoms in total. The second-order valence-corrected chi connectivity index (χ2v) is 3.86. The zero-order valence-electron chi connectivity index (χ0n) is 10.1. The molecule has 94 valence electrons. The third-order valence-corrected chi connectivity index (χ3v) is 2.47. The highest BCUT2D eigenvalue weighted by atomic mass is 16.2. The molecule has 17 heavy (non-hydrogen) atoms. The van der Waals surface area contributed by atoms with Crippen molar-refractivity contribution in [2.75, 3.05) is 19.6 Å². The minimum atomic E-state index is -0.248. The van der Waals surface area contributed by atoms with E-state index in [1.165, 1.54) is 18.5 Å². The SMILES string of the molecule is CCCN(CCCN)C(=O)c1c[nH]ccc1=O. The van der Waals surface area contributed by atoms with Crippen molar-refractivity contribution in [2.45, 2.75) is 19.8 Å². The zero-order chi connectivity index (χ0) is 12.7. The molecular formula is C12H19N3O2. The number of pyridine rings is 1. The van der Waals surface area contributed by atoms with Gasteiger partial charge in [0.05, 0.1) is 0 Å². The Morgan fingerprint density at radius 2 is 2.24 bits per heavy atom. The van der Waals surface area contributed by atoms with E-state index in [2.05, 4.69) is 4.98 Å². The number of hydrogen-bond acceptors (Lipinski definition) is 3. The Morgan fingerprint density at radius 1 is 1.47 bits per heavy atom. The maximum absolute atomic E-state index is 12.1. The van der Waals surface area contributed by atoms with Crippen molar-refractivity contribution < 1.29 is 4.79 Å². The van der Waals surface area contributed by atoms with E-state index in [0.29, 0.717) is 19.6 Å². The number of hydrogen-bond donors (Lipinski definition) is 2. The number of aromatic nitrogens is 1. The summed E-state index contributed by atoms with van der Waals surface area (Å²) in [5, 5.41) is 0. The van der Waals surface area contributed by atoms with Crippen molar-refractivity contribution in [2.24, 2.45) is 5.73 Å². The van der Waals surface area contributed by atoms with Crippen LogP contribution in [0.3, 0.4) is 0 Å². The van der Waals surface area contributed by atoms with Gasteiger partial charge in [-0.25, -0.2) is 0 Å². The Hall–Kier alpha value is -1.62. The molecule has 0 aliphatic carbocycles. The highest BCUT2D eigenvalue weighted by Crippen LogP contribution is 2.01.